The smallest absolute Gasteiger partial charge is 0.335 e. The summed E-state index contributed by atoms with van der Waals surface area (Å²) in [6, 6.07) is 13.7. The number of benzene rings is 2. The number of carbonyl (C=O) groups is 1. The van der Waals surface area contributed by atoms with Crippen LogP contribution in [0.2, 0.25) is 0 Å². The first kappa shape index (κ1) is 14.6. The molecule has 1 N–H and O–H groups in total. The van der Waals surface area contributed by atoms with Crippen LogP contribution in [0.1, 0.15) is 10.4 Å². The summed E-state index contributed by atoms with van der Waals surface area (Å²) >= 11 is 0. The number of carboxylic acid groups (broad SMARTS) is 1. The van der Waals surface area contributed by atoms with Gasteiger partial charge in [-0.25, -0.2) is 9.48 Å². The van der Waals surface area contributed by atoms with E-state index in [1.54, 1.807) is 41.2 Å². The summed E-state index contributed by atoms with van der Waals surface area (Å²) in [5.74, 6) is -0.975. The van der Waals surface area contributed by atoms with Crippen molar-refractivity contribution < 1.29 is 14.7 Å². The normalized spacial score (nSPS) is 10.5. The van der Waals surface area contributed by atoms with Gasteiger partial charge in [0, 0.05) is 33.6 Å². The van der Waals surface area contributed by atoms with Gasteiger partial charge in [0.1, 0.15) is 0 Å². The van der Waals surface area contributed by atoms with Crippen molar-refractivity contribution >= 4 is 11.7 Å². The van der Waals surface area contributed by atoms with E-state index in [0.29, 0.717) is 11.4 Å². The van der Waals surface area contributed by atoms with Crippen molar-refractivity contribution in [1.82, 2.24) is 9.78 Å². The van der Waals surface area contributed by atoms with Gasteiger partial charge in [0.2, 0.25) is 0 Å². The Morgan fingerprint density at radius 1 is 1.13 bits per heavy atom. The van der Waals surface area contributed by atoms with E-state index in [1.807, 2.05) is 18.3 Å². The van der Waals surface area contributed by atoms with Gasteiger partial charge in [0.25, 0.3) is 5.69 Å². The van der Waals surface area contributed by atoms with Crippen molar-refractivity contribution in [3.8, 4) is 16.8 Å². The minimum atomic E-state index is -0.975. The third kappa shape index (κ3) is 3.01. The molecule has 0 aliphatic carbocycles. The molecule has 0 saturated carbocycles. The first-order chi connectivity index (χ1) is 11.0. The predicted molar refractivity (Wildman–Crippen MR) is 85.2 cm³/mol. The molecule has 1 aromatic heterocycles. The molecular weight excluding hydrogens is 294 g/mol. The lowest BCUT2D eigenvalue weighted by Gasteiger charge is -2.02. The van der Waals surface area contributed by atoms with Crippen LogP contribution in [0.3, 0.4) is 0 Å². The van der Waals surface area contributed by atoms with Crippen molar-refractivity contribution in [2.45, 2.75) is 0 Å². The topological polar surface area (TPSA) is 75.2 Å². The standard InChI is InChI=1S/C17H13N3O3/c1-19(23)15-7-5-12(6-8-15)14-10-18-20(11-14)16-4-2-3-13(9-16)17(21)22/h2-11H,1H3/p+1. The number of hydrogen-bond acceptors (Lipinski definition) is 3. The number of aromatic carboxylic acids is 1. The van der Waals surface area contributed by atoms with Crippen LogP contribution < -0.4 is 0 Å². The Balaban J connectivity index is 1.92. The Labute approximate surface area is 132 Å². The molecule has 0 aliphatic heterocycles. The number of aromatic nitrogens is 2. The first-order valence-corrected chi connectivity index (χ1v) is 6.94. The molecule has 23 heavy (non-hydrogen) atoms. The summed E-state index contributed by atoms with van der Waals surface area (Å²) in [6.45, 7) is 0. The van der Waals surface area contributed by atoms with Crippen molar-refractivity contribution in [2.24, 2.45) is 0 Å². The maximum atomic E-state index is 11.2. The van der Waals surface area contributed by atoms with Crippen LogP contribution in [0.5, 0.6) is 0 Å². The van der Waals surface area contributed by atoms with Crippen molar-refractivity contribution in [2.75, 3.05) is 7.05 Å². The van der Waals surface area contributed by atoms with Crippen molar-refractivity contribution in [3.63, 3.8) is 0 Å². The van der Waals surface area contributed by atoms with E-state index in [1.165, 1.54) is 13.1 Å². The van der Waals surface area contributed by atoms with Gasteiger partial charge in [0.15, 0.2) is 7.05 Å². The molecule has 1 heterocycles. The van der Waals surface area contributed by atoms with Gasteiger partial charge in [-0.1, -0.05) is 6.07 Å². The highest BCUT2D eigenvalue weighted by Crippen LogP contribution is 2.23. The molecule has 0 spiro atoms. The zero-order valence-electron chi connectivity index (χ0n) is 12.4. The number of nitrogens with zero attached hydrogens (tertiary/aromatic N) is 3. The maximum Gasteiger partial charge on any atom is 0.335 e. The summed E-state index contributed by atoms with van der Waals surface area (Å²) in [6.07, 6.45) is 3.51. The molecular formula is C17H14N3O3+. The molecule has 0 unspecified atom stereocenters. The van der Waals surface area contributed by atoms with Crippen LogP contribution in [0, 0.1) is 4.91 Å². The first-order valence-electron chi connectivity index (χ1n) is 6.94. The van der Waals surface area contributed by atoms with E-state index >= 15 is 0 Å². The number of rotatable bonds is 4. The second-order valence-corrected chi connectivity index (χ2v) is 5.07. The third-order valence-corrected chi connectivity index (χ3v) is 3.50. The van der Waals surface area contributed by atoms with Crippen molar-refractivity contribution in [1.29, 1.82) is 0 Å². The monoisotopic (exact) mass is 308 g/mol. The highest BCUT2D eigenvalue weighted by Gasteiger charge is 2.09. The van der Waals surface area contributed by atoms with Crippen LogP contribution in [-0.4, -0.2) is 32.7 Å². The fourth-order valence-corrected chi connectivity index (χ4v) is 2.26. The molecule has 0 bridgehead atoms. The van der Waals surface area contributed by atoms with Gasteiger partial charge in [-0.3, -0.25) is 0 Å². The van der Waals surface area contributed by atoms with Crippen LogP contribution in [0.15, 0.2) is 60.9 Å². The second kappa shape index (κ2) is 5.84. The zero-order valence-corrected chi connectivity index (χ0v) is 12.4. The minimum absolute atomic E-state index is 0.211. The summed E-state index contributed by atoms with van der Waals surface area (Å²) in [5, 5.41) is 13.3. The number of nitroso groups, excluding NO2 is 1. The van der Waals surface area contributed by atoms with Gasteiger partial charge in [-0.05, 0) is 35.9 Å². The highest BCUT2D eigenvalue weighted by atomic mass is 16.4. The average Bonchev–Trinajstić information content (AvgIpc) is 3.05. The van der Waals surface area contributed by atoms with Gasteiger partial charge in [0.05, 0.1) is 17.4 Å². The molecule has 3 aromatic rings. The van der Waals surface area contributed by atoms with Crippen LogP contribution in [-0.2, 0) is 0 Å². The Hall–Kier alpha value is -3.28. The lowest BCUT2D eigenvalue weighted by Crippen LogP contribution is -1.99. The zero-order chi connectivity index (χ0) is 16.4. The largest absolute Gasteiger partial charge is 0.478 e. The van der Waals surface area contributed by atoms with Gasteiger partial charge >= 0.3 is 5.97 Å². The van der Waals surface area contributed by atoms with Crippen molar-refractivity contribution in [3.05, 3.63) is 71.4 Å². The molecule has 114 valence electrons. The molecule has 2 aromatic carbocycles. The van der Waals surface area contributed by atoms with Gasteiger partial charge < -0.3 is 5.11 Å². The Morgan fingerprint density at radius 3 is 2.52 bits per heavy atom. The predicted octanol–water partition coefficient (Wildman–Crippen LogP) is 3.28. The summed E-state index contributed by atoms with van der Waals surface area (Å²) in [7, 11) is 1.45. The van der Waals surface area contributed by atoms with Crippen LogP contribution in [0.25, 0.3) is 16.8 Å². The van der Waals surface area contributed by atoms with E-state index in [4.69, 9.17) is 5.11 Å². The molecule has 0 amide bonds. The molecule has 0 saturated heterocycles. The van der Waals surface area contributed by atoms with E-state index < -0.39 is 5.97 Å². The molecule has 3 rings (SSSR count). The molecule has 0 atom stereocenters. The summed E-state index contributed by atoms with van der Waals surface area (Å²) in [5.41, 5.74) is 3.27. The summed E-state index contributed by atoms with van der Waals surface area (Å²) < 4.78 is 2.42. The second-order valence-electron chi connectivity index (χ2n) is 5.07. The fraction of sp³-hybridized carbons (Fsp3) is 0.0588. The minimum Gasteiger partial charge on any atom is -0.478 e. The highest BCUT2D eigenvalue weighted by molar-refractivity contribution is 5.88. The number of carboxylic acids is 1. The van der Waals surface area contributed by atoms with E-state index in [0.717, 1.165) is 15.9 Å². The lowest BCUT2D eigenvalue weighted by molar-refractivity contribution is -0.428. The van der Waals surface area contributed by atoms with Crippen LogP contribution in [0.4, 0.5) is 5.69 Å². The van der Waals surface area contributed by atoms with Crippen LogP contribution >= 0.6 is 0 Å². The van der Waals surface area contributed by atoms with Gasteiger partial charge in [-0.2, -0.15) is 5.10 Å². The maximum absolute atomic E-state index is 11.2. The van der Waals surface area contributed by atoms with Gasteiger partial charge in [-0.15, -0.1) is 0 Å². The van der Waals surface area contributed by atoms with E-state index in [9.17, 15) is 9.70 Å². The quantitative estimate of drug-likeness (QED) is 0.750. The third-order valence-electron chi connectivity index (χ3n) is 3.50. The fourth-order valence-electron chi connectivity index (χ4n) is 2.26. The Bertz CT molecular complexity index is 882. The lowest BCUT2D eigenvalue weighted by atomic mass is 10.1. The number of hydrogen-bond donors (Lipinski definition) is 1. The molecule has 6 nitrogen and oxygen atoms in total. The SMILES string of the molecule is C[N+](=O)c1ccc(-c2cnn(-c3cccc(C(=O)O)c3)c2)cc1. The molecule has 6 heteroatoms. The average molecular weight is 308 g/mol. The van der Waals surface area contributed by atoms with E-state index in [-0.39, 0.29) is 5.56 Å². The Kier molecular flexibility index (Phi) is 3.72. The molecule has 0 radical (unpaired) electrons. The summed E-state index contributed by atoms with van der Waals surface area (Å²) in [4.78, 5) is 22.3. The molecule has 0 fully saturated rings. The molecule has 0 aliphatic rings. The Morgan fingerprint density at radius 2 is 1.87 bits per heavy atom. The van der Waals surface area contributed by atoms with E-state index in [2.05, 4.69) is 5.10 Å².